The summed E-state index contributed by atoms with van der Waals surface area (Å²) >= 11 is 0. The van der Waals surface area contributed by atoms with E-state index < -0.39 is 17.1 Å². The summed E-state index contributed by atoms with van der Waals surface area (Å²) in [6, 6.07) is 11.3. The highest BCUT2D eigenvalue weighted by molar-refractivity contribution is 6.86. The third-order valence-electron chi connectivity index (χ3n) is 4.06. The predicted molar refractivity (Wildman–Crippen MR) is 96.9 cm³/mol. The van der Waals surface area contributed by atoms with Gasteiger partial charge in [0.2, 0.25) is 8.32 Å². The van der Waals surface area contributed by atoms with Crippen LogP contribution in [0.15, 0.2) is 30.8 Å². The van der Waals surface area contributed by atoms with Crippen LogP contribution in [0.25, 0.3) is 5.20 Å². The largest absolute Gasteiger partial charge is 0.410 e. The van der Waals surface area contributed by atoms with Crippen LogP contribution in [0.4, 0.5) is 0 Å². The molecule has 0 heterocycles. The molecule has 0 aromatic heterocycles. The maximum atomic E-state index is 6.44. The summed E-state index contributed by atoms with van der Waals surface area (Å²) in [7, 11) is -2.65. The van der Waals surface area contributed by atoms with Gasteiger partial charge in [-0.1, -0.05) is 63.0 Å². The van der Waals surface area contributed by atoms with Gasteiger partial charge < -0.3 is 4.43 Å². The highest BCUT2D eigenvalue weighted by Crippen LogP contribution is 2.22. The lowest BCUT2D eigenvalue weighted by molar-refractivity contribution is 0.232. The van der Waals surface area contributed by atoms with Crippen molar-refractivity contribution >= 4 is 27.5 Å². The maximum Gasteiger partial charge on any atom is 0.224 e. The second-order valence-electron chi connectivity index (χ2n) is 6.13. The fourth-order valence-corrected chi connectivity index (χ4v) is 7.03. The van der Waals surface area contributed by atoms with Crippen molar-refractivity contribution in [1.82, 2.24) is 0 Å². The van der Waals surface area contributed by atoms with Gasteiger partial charge in [-0.3, -0.25) is 0 Å². The highest BCUT2D eigenvalue weighted by atomic mass is 28.4. The first kappa shape index (κ1) is 17.4. The predicted octanol–water partition coefficient (Wildman–Crippen LogP) is 4.34. The molecule has 0 bridgehead atoms. The Morgan fingerprint density at radius 1 is 1.25 bits per heavy atom. The van der Waals surface area contributed by atoms with Crippen molar-refractivity contribution < 1.29 is 4.43 Å². The highest BCUT2D eigenvalue weighted by Gasteiger charge is 2.34. The molecule has 20 heavy (non-hydrogen) atoms. The van der Waals surface area contributed by atoms with Crippen LogP contribution in [0.2, 0.25) is 25.2 Å². The van der Waals surface area contributed by atoms with Crippen molar-refractivity contribution in [2.24, 2.45) is 0 Å². The van der Waals surface area contributed by atoms with E-state index in [1.165, 1.54) is 15.9 Å². The lowest BCUT2D eigenvalue weighted by Crippen LogP contribution is -2.51. The summed E-state index contributed by atoms with van der Waals surface area (Å²) < 4.78 is 6.44. The average molecular weight is 307 g/mol. The number of benzene rings is 1. The van der Waals surface area contributed by atoms with Gasteiger partial charge in [-0.25, -0.2) is 0 Å². The van der Waals surface area contributed by atoms with Crippen molar-refractivity contribution in [3.8, 4) is 0 Å². The van der Waals surface area contributed by atoms with Gasteiger partial charge in [0.05, 0.1) is 8.80 Å². The van der Waals surface area contributed by atoms with Crippen LogP contribution in [0.5, 0.6) is 0 Å². The van der Waals surface area contributed by atoms with E-state index >= 15 is 0 Å². The second-order valence-corrected chi connectivity index (χ2v) is 13.4. The molecule has 0 radical (unpaired) electrons. The standard InChI is InChI=1S/C17H30OSi2/c1-8-20(9-2,18-14(3)4)17-12-10-11-16(13-17)15(5)19(6)7/h10-14,19H,5,8-9H2,1-4,6-7H3. The Morgan fingerprint density at radius 2 is 1.85 bits per heavy atom. The second kappa shape index (κ2) is 7.39. The SMILES string of the molecule is C=C(c1cccc([Si](CC)(CC)OC(C)C)c1)[SiH](C)C. The third-order valence-corrected chi connectivity index (χ3v) is 10.4. The first-order valence-electron chi connectivity index (χ1n) is 7.83. The Morgan fingerprint density at radius 3 is 2.30 bits per heavy atom. The van der Waals surface area contributed by atoms with E-state index in [9.17, 15) is 0 Å². The van der Waals surface area contributed by atoms with E-state index in [-0.39, 0.29) is 0 Å². The molecule has 0 aliphatic rings. The van der Waals surface area contributed by atoms with Crippen molar-refractivity contribution in [3.05, 3.63) is 36.4 Å². The van der Waals surface area contributed by atoms with Crippen molar-refractivity contribution in [1.29, 1.82) is 0 Å². The molecule has 1 aromatic carbocycles. The van der Waals surface area contributed by atoms with Crippen LogP contribution in [0.3, 0.4) is 0 Å². The van der Waals surface area contributed by atoms with Gasteiger partial charge in [-0.2, -0.15) is 0 Å². The van der Waals surface area contributed by atoms with Gasteiger partial charge >= 0.3 is 0 Å². The van der Waals surface area contributed by atoms with Crippen molar-refractivity contribution in [2.45, 2.75) is 59.0 Å². The molecular weight excluding hydrogens is 276 g/mol. The van der Waals surface area contributed by atoms with E-state index in [0.717, 1.165) is 12.1 Å². The first-order valence-corrected chi connectivity index (χ1v) is 13.0. The van der Waals surface area contributed by atoms with E-state index in [1.807, 2.05) is 0 Å². The van der Waals surface area contributed by atoms with Crippen molar-refractivity contribution in [3.63, 3.8) is 0 Å². The molecule has 0 unspecified atom stereocenters. The van der Waals surface area contributed by atoms with Gasteiger partial charge in [-0.05, 0) is 36.7 Å². The van der Waals surface area contributed by atoms with Crippen molar-refractivity contribution in [2.75, 3.05) is 0 Å². The zero-order chi connectivity index (χ0) is 15.3. The zero-order valence-electron chi connectivity index (χ0n) is 14.0. The van der Waals surface area contributed by atoms with E-state index in [0.29, 0.717) is 6.10 Å². The third kappa shape index (κ3) is 3.93. The molecule has 0 saturated carbocycles. The van der Waals surface area contributed by atoms with Gasteiger partial charge in [0.15, 0.2) is 0 Å². The molecule has 0 atom stereocenters. The Bertz CT molecular complexity index is 448. The van der Waals surface area contributed by atoms with E-state index in [2.05, 4.69) is 71.6 Å². The number of hydrogen-bond acceptors (Lipinski definition) is 1. The first-order chi connectivity index (χ1) is 9.36. The lowest BCUT2D eigenvalue weighted by Gasteiger charge is -2.32. The molecule has 0 spiro atoms. The molecule has 0 amide bonds. The lowest BCUT2D eigenvalue weighted by atomic mass is 10.2. The molecule has 112 valence electrons. The minimum Gasteiger partial charge on any atom is -0.410 e. The van der Waals surface area contributed by atoms with Crippen LogP contribution < -0.4 is 5.19 Å². The Hall–Kier alpha value is -0.646. The summed E-state index contributed by atoms with van der Waals surface area (Å²) in [6.45, 7) is 17.8. The summed E-state index contributed by atoms with van der Waals surface area (Å²) in [5.41, 5.74) is 1.33. The molecular formula is C17H30OSi2. The van der Waals surface area contributed by atoms with Crippen LogP contribution in [0.1, 0.15) is 33.3 Å². The van der Waals surface area contributed by atoms with Gasteiger partial charge in [0, 0.05) is 6.10 Å². The Labute approximate surface area is 127 Å². The molecule has 0 aliphatic heterocycles. The quantitative estimate of drug-likeness (QED) is 0.681. The van der Waals surface area contributed by atoms with Crippen LogP contribution >= 0.6 is 0 Å². The molecule has 0 N–H and O–H groups in total. The Kier molecular flexibility index (Phi) is 6.43. The van der Waals surface area contributed by atoms with E-state index in [1.54, 1.807) is 0 Å². The summed E-state index contributed by atoms with van der Waals surface area (Å²) in [5.74, 6) is 0. The van der Waals surface area contributed by atoms with E-state index in [4.69, 9.17) is 4.43 Å². The fraction of sp³-hybridized carbons (Fsp3) is 0.529. The molecule has 3 heteroatoms. The molecule has 1 aromatic rings. The fourth-order valence-electron chi connectivity index (χ4n) is 2.68. The normalized spacial score (nSPS) is 12.2. The summed E-state index contributed by atoms with van der Waals surface area (Å²) in [6.07, 6.45) is 0.299. The monoisotopic (exact) mass is 306 g/mol. The maximum absolute atomic E-state index is 6.44. The summed E-state index contributed by atoms with van der Waals surface area (Å²) in [5, 5.41) is 2.79. The molecule has 1 rings (SSSR count). The van der Waals surface area contributed by atoms with Crippen LogP contribution in [-0.4, -0.2) is 23.2 Å². The topological polar surface area (TPSA) is 9.23 Å². The van der Waals surface area contributed by atoms with Gasteiger partial charge in [0.1, 0.15) is 0 Å². The minimum absolute atomic E-state index is 0.299. The van der Waals surface area contributed by atoms with Crippen LogP contribution in [-0.2, 0) is 4.43 Å². The minimum atomic E-state index is -1.82. The van der Waals surface area contributed by atoms with Gasteiger partial charge in [0.25, 0.3) is 0 Å². The molecule has 0 aliphatic carbocycles. The molecule has 0 fully saturated rings. The number of hydrogen-bond donors (Lipinski definition) is 0. The molecule has 1 nitrogen and oxygen atoms in total. The average Bonchev–Trinajstić information content (AvgIpc) is 2.43. The van der Waals surface area contributed by atoms with Gasteiger partial charge in [-0.15, -0.1) is 0 Å². The van der Waals surface area contributed by atoms with Crippen LogP contribution in [0, 0.1) is 0 Å². The molecule has 0 saturated heterocycles. The summed E-state index contributed by atoms with van der Waals surface area (Å²) in [4.78, 5) is 0. The smallest absolute Gasteiger partial charge is 0.224 e. The Balaban J connectivity index is 3.21. The zero-order valence-corrected chi connectivity index (χ0v) is 16.1. The number of rotatable bonds is 7.